The summed E-state index contributed by atoms with van der Waals surface area (Å²) in [5.41, 5.74) is 10.6. The maximum atomic E-state index is 6.36. The van der Waals surface area contributed by atoms with Crippen molar-refractivity contribution in [2.45, 2.75) is 31.2 Å². The lowest BCUT2D eigenvalue weighted by Crippen LogP contribution is -2.22. The SMILES string of the molecule is CCC1(N)CC1c1cccc(-n2cc(-c3ccccc3)nn2)c1.Cl. The van der Waals surface area contributed by atoms with Gasteiger partial charge in [0.2, 0.25) is 0 Å². The molecular formula is C19H21ClN4. The molecule has 0 bridgehead atoms. The number of halogens is 1. The van der Waals surface area contributed by atoms with E-state index in [1.54, 1.807) is 0 Å². The predicted molar refractivity (Wildman–Crippen MR) is 98.6 cm³/mol. The Morgan fingerprint density at radius 2 is 1.96 bits per heavy atom. The van der Waals surface area contributed by atoms with Crippen molar-refractivity contribution in [2.75, 3.05) is 0 Å². The van der Waals surface area contributed by atoms with Crippen molar-refractivity contribution in [3.05, 3.63) is 66.4 Å². The molecule has 1 aromatic heterocycles. The molecule has 0 saturated heterocycles. The van der Waals surface area contributed by atoms with Gasteiger partial charge in [-0.2, -0.15) is 0 Å². The maximum Gasteiger partial charge on any atom is 0.113 e. The monoisotopic (exact) mass is 340 g/mol. The van der Waals surface area contributed by atoms with Crippen LogP contribution in [-0.4, -0.2) is 20.5 Å². The Balaban J connectivity index is 0.00000169. The van der Waals surface area contributed by atoms with E-state index in [9.17, 15) is 0 Å². The highest BCUT2D eigenvalue weighted by molar-refractivity contribution is 5.85. The van der Waals surface area contributed by atoms with E-state index >= 15 is 0 Å². The molecule has 0 spiro atoms. The number of aromatic nitrogens is 3. The van der Waals surface area contributed by atoms with E-state index in [0.717, 1.165) is 29.8 Å². The third-order valence-corrected chi connectivity index (χ3v) is 4.88. The van der Waals surface area contributed by atoms with E-state index in [1.165, 1.54) is 5.56 Å². The van der Waals surface area contributed by atoms with E-state index in [1.807, 2.05) is 41.2 Å². The van der Waals surface area contributed by atoms with Gasteiger partial charge in [0.1, 0.15) is 5.69 Å². The third kappa shape index (κ3) is 2.95. The van der Waals surface area contributed by atoms with Crippen LogP contribution in [0.4, 0.5) is 0 Å². The smallest absolute Gasteiger partial charge is 0.113 e. The summed E-state index contributed by atoms with van der Waals surface area (Å²) >= 11 is 0. The van der Waals surface area contributed by atoms with Crippen molar-refractivity contribution in [3.63, 3.8) is 0 Å². The number of benzene rings is 2. The molecule has 1 fully saturated rings. The summed E-state index contributed by atoms with van der Waals surface area (Å²) < 4.78 is 1.83. The Hall–Kier alpha value is -2.17. The highest BCUT2D eigenvalue weighted by atomic mass is 35.5. The summed E-state index contributed by atoms with van der Waals surface area (Å²) in [5, 5.41) is 8.56. The number of nitrogens with two attached hydrogens (primary N) is 1. The summed E-state index contributed by atoms with van der Waals surface area (Å²) in [7, 11) is 0. The average molecular weight is 341 g/mol. The fourth-order valence-electron chi connectivity index (χ4n) is 3.18. The molecule has 0 aliphatic heterocycles. The van der Waals surface area contributed by atoms with Crippen LogP contribution in [0.2, 0.25) is 0 Å². The van der Waals surface area contributed by atoms with Gasteiger partial charge in [-0.3, -0.25) is 0 Å². The summed E-state index contributed by atoms with van der Waals surface area (Å²) in [4.78, 5) is 0. The standard InChI is InChI=1S/C19H20N4.ClH/c1-2-19(20)12-17(19)15-9-6-10-16(11-15)23-13-18(21-22-23)14-7-4-3-5-8-14;/h3-11,13,17H,2,12,20H2,1H3;1H. The first-order chi connectivity index (χ1) is 11.2. The summed E-state index contributed by atoms with van der Waals surface area (Å²) in [6, 6.07) is 18.6. The molecule has 2 unspecified atom stereocenters. The van der Waals surface area contributed by atoms with Crippen molar-refractivity contribution in [1.29, 1.82) is 0 Å². The molecule has 4 nitrogen and oxygen atoms in total. The van der Waals surface area contributed by atoms with Crippen molar-refractivity contribution < 1.29 is 0 Å². The maximum absolute atomic E-state index is 6.36. The molecule has 0 radical (unpaired) electrons. The topological polar surface area (TPSA) is 56.7 Å². The van der Waals surface area contributed by atoms with Crippen LogP contribution in [-0.2, 0) is 0 Å². The van der Waals surface area contributed by atoms with Crippen LogP contribution in [0.5, 0.6) is 0 Å². The van der Waals surface area contributed by atoms with Crippen molar-refractivity contribution in [2.24, 2.45) is 5.73 Å². The molecule has 24 heavy (non-hydrogen) atoms. The van der Waals surface area contributed by atoms with Crippen LogP contribution >= 0.6 is 12.4 Å². The largest absolute Gasteiger partial charge is 0.325 e. The van der Waals surface area contributed by atoms with E-state index in [4.69, 9.17) is 5.73 Å². The molecule has 1 heterocycles. The Morgan fingerprint density at radius 3 is 2.67 bits per heavy atom. The zero-order valence-corrected chi connectivity index (χ0v) is 14.4. The molecule has 4 rings (SSSR count). The minimum Gasteiger partial charge on any atom is -0.325 e. The molecule has 2 atom stereocenters. The lowest BCUT2D eigenvalue weighted by atomic mass is 10.0. The van der Waals surface area contributed by atoms with Gasteiger partial charge in [0.25, 0.3) is 0 Å². The number of hydrogen-bond acceptors (Lipinski definition) is 3. The van der Waals surface area contributed by atoms with Crippen LogP contribution in [0.1, 0.15) is 31.2 Å². The Morgan fingerprint density at radius 1 is 1.17 bits per heavy atom. The zero-order chi connectivity index (χ0) is 15.9. The van der Waals surface area contributed by atoms with Crippen LogP contribution < -0.4 is 5.73 Å². The van der Waals surface area contributed by atoms with E-state index in [0.29, 0.717) is 5.92 Å². The predicted octanol–water partition coefficient (Wildman–Crippen LogP) is 3.95. The van der Waals surface area contributed by atoms with Gasteiger partial charge in [-0.05, 0) is 30.5 Å². The van der Waals surface area contributed by atoms with Crippen LogP contribution in [0, 0.1) is 0 Å². The second-order valence-corrected chi connectivity index (χ2v) is 6.35. The van der Waals surface area contributed by atoms with Gasteiger partial charge in [0.05, 0.1) is 11.9 Å². The summed E-state index contributed by atoms with van der Waals surface area (Å²) in [6.07, 6.45) is 4.06. The second kappa shape index (κ2) is 6.38. The molecular weight excluding hydrogens is 320 g/mol. The lowest BCUT2D eigenvalue weighted by Gasteiger charge is -2.09. The van der Waals surface area contributed by atoms with Gasteiger partial charge in [-0.1, -0.05) is 54.6 Å². The van der Waals surface area contributed by atoms with E-state index in [-0.39, 0.29) is 17.9 Å². The van der Waals surface area contributed by atoms with Gasteiger partial charge >= 0.3 is 0 Å². The Kier molecular flexibility index (Phi) is 4.43. The number of rotatable bonds is 4. The molecule has 124 valence electrons. The van der Waals surface area contributed by atoms with Gasteiger partial charge in [-0.25, -0.2) is 4.68 Å². The van der Waals surface area contributed by atoms with Gasteiger partial charge < -0.3 is 5.73 Å². The first-order valence-electron chi connectivity index (χ1n) is 8.06. The van der Waals surface area contributed by atoms with E-state index < -0.39 is 0 Å². The van der Waals surface area contributed by atoms with Crippen LogP contribution in [0.3, 0.4) is 0 Å². The molecule has 1 saturated carbocycles. The van der Waals surface area contributed by atoms with Crippen LogP contribution in [0.15, 0.2) is 60.8 Å². The van der Waals surface area contributed by atoms with Gasteiger partial charge in [0, 0.05) is 17.0 Å². The molecule has 2 N–H and O–H groups in total. The fraction of sp³-hybridized carbons (Fsp3) is 0.263. The molecule has 1 aliphatic rings. The second-order valence-electron chi connectivity index (χ2n) is 6.35. The quantitative estimate of drug-likeness (QED) is 0.782. The Bertz CT molecular complexity index is 830. The van der Waals surface area contributed by atoms with Crippen molar-refractivity contribution in [1.82, 2.24) is 15.0 Å². The van der Waals surface area contributed by atoms with Crippen LogP contribution in [0.25, 0.3) is 16.9 Å². The van der Waals surface area contributed by atoms with Gasteiger partial charge in [0.15, 0.2) is 0 Å². The minimum absolute atomic E-state index is 0. The Labute approximate surface area is 148 Å². The summed E-state index contributed by atoms with van der Waals surface area (Å²) in [6.45, 7) is 2.16. The molecule has 0 amide bonds. The number of hydrogen-bond donors (Lipinski definition) is 1. The van der Waals surface area contributed by atoms with Gasteiger partial charge in [-0.15, -0.1) is 17.5 Å². The third-order valence-electron chi connectivity index (χ3n) is 4.88. The van der Waals surface area contributed by atoms with E-state index in [2.05, 4.69) is 41.5 Å². The first-order valence-corrected chi connectivity index (χ1v) is 8.06. The summed E-state index contributed by atoms with van der Waals surface area (Å²) in [5.74, 6) is 0.463. The molecule has 3 aromatic rings. The van der Waals surface area contributed by atoms with Crippen molar-refractivity contribution in [3.8, 4) is 16.9 Å². The first kappa shape index (κ1) is 16.7. The zero-order valence-electron chi connectivity index (χ0n) is 13.6. The molecule has 2 aromatic carbocycles. The molecule has 5 heteroatoms. The molecule has 1 aliphatic carbocycles. The number of nitrogens with zero attached hydrogens (tertiary/aromatic N) is 3. The lowest BCUT2D eigenvalue weighted by molar-refractivity contribution is 0.626. The minimum atomic E-state index is -0.0177. The average Bonchev–Trinajstić information content (AvgIpc) is 3.07. The normalized spacial score (nSPS) is 22.0. The highest BCUT2D eigenvalue weighted by Crippen LogP contribution is 2.51. The highest BCUT2D eigenvalue weighted by Gasteiger charge is 2.50. The van der Waals surface area contributed by atoms with Crippen molar-refractivity contribution >= 4 is 12.4 Å². The fourth-order valence-corrected chi connectivity index (χ4v) is 3.18.